The van der Waals surface area contributed by atoms with E-state index in [1.165, 1.54) is 87.0 Å². The van der Waals surface area contributed by atoms with Crippen molar-refractivity contribution in [3.8, 4) is 0 Å². The van der Waals surface area contributed by atoms with E-state index in [9.17, 15) is 0 Å². The Hall–Kier alpha value is -1.84. The lowest BCUT2D eigenvalue weighted by atomic mass is 9.90. The molecule has 0 amide bonds. The van der Waals surface area contributed by atoms with Crippen molar-refractivity contribution in [3.05, 3.63) is 60.2 Å². The second kappa shape index (κ2) is 14.8. The summed E-state index contributed by atoms with van der Waals surface area (Å²) in [6, 6.07) is 7.43. The van der Waals surface area contributed by atoms with Crippen molar-refractivity contribution in [3.63, 3.8) is 0 Å². The molecule has 3 nitrogen and oxygen atoms in total. The molecule has 0 saturated carbocycles. The van der Waals surface area contributed by atoms with E-state index in [-0.39, 0.29) is 0 Å². The van der Waals surface area contributed by atoms with Gasteiger partial charge in [0.2, 0.25) is 0 Å². The molecule has 2 saturated heterocycles. The fraction of sp³-hybridized carbons (Fsp3) is 0.636. The maximum absolute atomic E-state index is 4.33. The minimum atomic E-state index is 0.404. The van der Waals surface area contributed by atoms with Crippen LogP contribution in [-0.2, 0) is 6.42 Å². The van der Waals surface area contributed by atoms with Crippen LogP contribution in [0.3, 0.4) is 0 Å². The van der Waals surface area contributed by atoms with Gasteiger partial charge < -0.3 is 9.80 Å². The molecular formula is C33H53N3. The number of hydrogen-bond donors (Lipinski definition) is 0. The van der Waals surface area contributed by atoms with Gasteiger partial charge in [0.05, 0.1) is 0 Å². The lowest BCUT2D eigenvalue weighted by molar-refractivity contribution is 0.159. The Morgan fingerprint density at radius 2 is 1.81 bits per heavy atom. The largest absolute Gasteiger partial charge is 0.369 e. The summed E-state index contributed by atoms with van der Waals surface area (Å²) < 4.78 is 0. The van der Waals surface area contributed by atoms with Crippen molar-refractivity contribution in [1.82, 2.24) is 9.80 Å². The monoisotopic (exact) mass is 491 g/mol. The van der Waals surface area contributed by atoms with Crippen LogP contribution in [0.2, 0.25) is 0 Å². The Balaban J connectivity index is 1.87. The van der Waals surface area contributed by atoms with E-state index in [0.29, 0.717) is 12.0 Å². The van der Waals surface area contributed by atoms with Gasteiger partial charge in [-0.05, 0) is 69.3 Å². The molecule has 1 aromatic rings. The number of likely N-dealkylation sites (tertiary alicyclic amines) is 1. The average molecular weight is 492 g/mol. The standard InChI is InChI=1S/C33H53N3/c1-7-14-28(8-2)24-31-16-15-29(9-3)25-33(31)36-22-21-35(20-19-34-17-12-11-13-18-34)32(23-27(5)6)30(10-4)26-36/h9-10,15-16,23,25,28,30,32H,3-4,7-8,11-14,17-22,24,26H2,1-2,5-6H3. The molecule has 0 N–H and O–H groups in total. The quantitative estimate of drug-likeness (QED) is 0.281. The van der Waals surface area contributed by atoms with Crippen molar-refractivity contribution in [2.24, 2.45) is 11.8 Å². The third kappa shape index (κ3) is 8.08. The first-order valence-electron chi connectivity index (χ1n) is 14.7. The van der Waals surface area contributed by atoms with Gasteiger partial charge in [0, 0.05) is 50.4 Å². The molecule has 0 aliphatic carbocycles. The molecule has 1 aromatic carbocycles. The second-order valence-corrected chi connectivity index (χ2v) is 11.4. The van der Waals surface area contributed by atoms with Gasteiger partial charge >= 0.3 is 0 Å². The fourth-order valence-electron chi connectivity index (χ4n) is 6.18. The SMILES string of the molecule is C=Cc1ccc(CC(CC)CCC)c(N2CCN(CCN3CCCCC3)C(C=C(C)C)C(C=C)C2)c1. The zero-order chi connectivity index (χ0) is 25.9. The summed E-state index contributed by atoms with van der Waals surface area (Å²) in [6.07, 6.45) is 15.8. The van der Waals surface area contributed by atoms with Crippen LogP contribution in [0, 0.1) is 11.8 Å². The molecule has 2 aliphatic rings. The van der Waals surface area contributed by atoms with Crippen LogP contribution >= 0.6 is 0 Å². The van der Waals surface area contributed by atoms with Gasteiger partial charge in [-0.2, -0.15) is 0 Å². The summed E-state index contributed by atoms with van der Waals surface area (Å²) in [6.45, 7) is 25.6. The van der Waals surface area contributed by atoms with Crippen LogP contribution in [0.1, 0.15) is 77.3 Å². The van der Waals surface area contributed by atoms with Gasteiger partial charge in [-0.1, -0.05) is 82.0 Å². The number of hydrogen-bond acceptors (Lipinski definition) is 3. The maximum atomic E-state index is 4.33. The van der Waals surface area contributed by atoms with E-state index in [1.807, 2.05) is 6.08 Å². The van der Waals surface area contributed by atoms with Gasteiger partial charge in [0.15, 0.2) is 0 Å². The molecule has 0 spiro atoms. The van der Waals surface area contributed by atoms with E-state index in [4.69, 9.17) is 0 Å². The van der Waals surface area contributed by atoms with E-state index < -0.39 is 0 Å². The first kappa shape index (κ1) is 28.7. The van der Waals surface area contributed by atoms with Crippen LogP contribution in [-0.4, -0.2) is 61.7 Å². The van der Waals surface area contributed by atoms with Crippen molar-refractivity contribution < 1.29 is 0 Å². The molecule has 0 bridgehead atoms. The second-order valence-electron chi connectivity index (χ2n) is 11.4. The highest BCUT2D eigenvalue weighted by atomic mass is 15.3. The minimum Gasteiger partial charge on any atom is -0.369 e. The number of anilines is 1. The molecule has 2 aliphatic heterocycles. The van der Waals surface area contributed by atoms with Crippen LogP contribution < -0.4 is 4.90 Å². The number of benzene rings is 1. The number of rotatable bonds is 12. The first-order valence-corrected chi connectivity index (χ1v) is 14.7. The number of allylic oxidation sites excluding steroid dienone is 1. The predicted molar refractivity (Wildman–Crippen MR) is 160 cm³/mol. The molecule has 200 valence electrons. The average Bonchev–Trinajstić information content (AvgIpc) is 3.06. The van der Waals surface area contributed by atoms with E-state index in [1.54, 1.807) is 0 Å². The number of nitrogens with zero attached hydrogens (tertiary/aromatic N) is 3. The maximum Gasteiger partial charge on any atom is 0.0405 e. The van der Waals surface area contributed by atoms with Gasteiger partial charge in [-0.25, -0.2) is 0 Å². The fourth-order valence-corrected chi connectivity index (χ4v) is 6.18. The molecule has 0 aromatic heterocycles. The summed E-state index contributed by atoms with van der Waals surface area (Å²) in [5.74, 6) is 1.16. The van der Waals surface area contributed by atoms with Crippen LogP contribution in [0.15, 0.2) is 49.1 Å². The zero-order valence-electron chi connectivity index (χ0n) is 23.9. The molecule has 3 rings (SSSR count). The van der Waals surface area contributed by atoms with E-state index in [0.717, 1.165) is 32.1 Å². The summed E-state index contributed by atoms with van der Waals surface area (Å²) >= 11 is 0. The van der Waals surface area contributed by atoms with Crippen molar-refractivity contribution in [1.29, 1.82) is 0 Å². The number of piperidine rings is 1. The van der Waals surface area contributed by atoms with Gasteiger partial charge in [-0.3, -0.25) is 4.90 Å². The predicted octanol–water partition coefficient (Wildman–Crippen LogP) is 7.44. The topological polar surface area (TPSA) is 9.72 Å². The Morgan fingerprint density at radius 1 is 1.03 bits per heavy atom. The molecule has 2 fully saturated rings. The molecule has 2 heterocycles. The molecule has 3 heteroatoms. The van der Waals surface area contributed by atoms with Crippen molar-refractivity contribution in [2.45, 2.75) is 78.7 Å². The minimum absolute atomic E-state index is 0.404. The van der Waals surface area contributed by atoms with Gasteiger partial charge in [0.1, 0.15) is 0 Å². The highest BCUT2D eigenvalue weighted by Gasteiger charge is 2.31. The summed E-state index contributed by atoms with van der Waals surface area (Å²) in [4.78, 5) is 8.09. The Labute approximate surface area is 222 Å². The van der Waals surface area contributed by atoms with Gasteiger partial charge in [-0.15, -0.1) is 6.58 Å². The normalized spacial score (nSPS) is 22.6. The summed E-state index contributed by atoms with van der Waals surface area (Å²) in [5.41, 5.74) is 5.55. The Bertz CT molecular complexity index is 846. The third-order valence-corrected chi connectivity index (χ3v) is 8.38. The highest BCUT2D eigenvalue weighted by Crippen LogP contribution is 2.31. The van der Waals surface area contributed by atoms with Crippen LogP contribution in [0.4, 0.5) is 5.69 Å². The highest BCUT2D eigenvalue weighted by molar-refractivity contribution is 5.62. The molecule has 0 radical (unpaired) electrons. The van der Waals surface area contributed by atoms with E-state index >= 15 is 0 Å². The smallest absolute Gasteiger partial charge is 0.0405 e. The molecule has 36 heavy (non-hydrogen) atoms. The third-order valence-electron chi connectivity index (χ3n) is 8.38. The lowest BCUT2D eigenvalue weighted by Crippen LogP contribution is -2.44. The molecule has 3 unspecified atom stereocenters. The van der Waals surface area contributed by atoms with Crippen molar-refractivity contribution in [2.75, 3.05) is 50.7 Å². The van der Waals surface area contributed by atoms with Crippen LogP contribution in [0.5, 0.6) is 0 Å². The Kier molecular flexibility index (Phi) is 11.8. The lowest BCUT2D eigenvalue weighted by Gasteiger charge is -2.34. The Morgan fingerprint density at radius 3 is 2.44 bits per heavy atom. The summed E-state index contributed by atoms with van der Waals surface area (Å²) in [7, 11) is 0. The van der Waals surface area contributed by atoms with Crippen LogP contribution in [0.25, 0.3) is 6.08 Å². The summed E-state index contributed by atoms with van der Waals surface area (Å²) in [5, 5.41) is 0. The first-order chi connectivity index (χ1) is 17.5. The van der Waals surface area contributed by atoms with E-state index in [2.05, 4.69) is 85.9 Å². The molecular weight excluding hydrogens is 438 g/mol. The van der Waals surface area contributed by atoms with Gasteiger partial charge in [0.25, 0.3) is 0 Å². The molecule has 3 atom stereocenters. The van der Waals surface area contributed by atoms with Crippen molar-refractivity contribution >= 4 is 11.8 Å². The zero-order valence-corrected chi connectivity index (χ0v) is 23.9.